The number of aliphatic hydroxyl groups excluding tert-OH is 1. The van der Waals surface area contributed by atoms with Gasteiger partial charge in [-0.1, -0.05) is 29.8 Å². The molecule has 29 heavy (non-hydrogen) atoms. The fraction of sp³-hybridized carbons (Fsp3) is 0.273. The molecule has 0 saturated carbocycles. The van der Waals surface area contributed by atoms with Gasteiger partial charge in [-0.2, -0.15) is 0 Å². The van der Waals surface area contributed by atoms with E-state index in [0.29, 0.717) is 22.0 Å². The molecule has 0 saturated heterocycles. The van der Waals surface area contributed by atoms with E-state index in [9.17, 15) is 14.7 Å². The molecule has 0 aromatic heterocycles. The van der Waals surface area contributed by atoms with Crippen molar-refractivity contribution in [1.82, 2.24) is 4.90 Å². The van der Waals surface area contributed by atoms with Crippen molar-refractivity contribution in [2.24, 2.45) is 0 Å². The van der Waals surface area contributed by atoms with Crippen LogP contribution in [-0.4, -0.2) is 48.1 Å². The Hall–Kier alpha value is -2.83. The summed E-state index contributed by atoms with van der Waals surface area (Å²) < 4.78 is 5.66. The zero-order valence-corrected chi connectivity index (χ0v) is 17.3. The summed E-state index contributed by atoms with van der Waals surface area (Å²) in [5, 5.41) is 9.77. The van der Waals surface area contributed by atoms with E-state index >= 15 is 0 Å². The van der Waals surface area contributed by atoms with Gasteiger partial charge >= 0.3 is 0 Å². The van der Waals surface area contributed by atoms with Crippen LogP contribution in [0, 0.1) is 0 Å². The molecule has 0 aliphatic carbocycles. The van der Waals surface area contributed by atoms with Crippen LogP contribution in [0.1, 0.15) is 19.4 Å². The van der Waals surface area contributed by atoms with Crippen LogP contribution in [0.3, 0.4) is 0 Å². The van der Waals surface area contributed by atoms with Crippen LogP contribution in [0.4, 0.5) is 5.69 Å². The molecule has 0 atom stereocenters. The van der Waals surface area contributed by atoms with Crippen molar-refractivity contribution >= 4 is 34.7 Å². The Morgan fingerprint density at radius 2 is 1.79 bits per heavy atom. The molecular formula is C22H23ClN2O4. The fourth-order valence-corrected chi connectivity index (χ4v) is 3.40. The molecule has 1 aliphatic rings. The normalized spacial score (nSPS) is 14.2. The maximum absolute atomic E-state index is 13.3. The van der Waals surface area contributed by atoms with Gasteiger partial charge in [0.25, 0.3) is 11.8 Å². The van der Waals surface area contributed by atoms with Crippen molar-refractivity contribution in [3.63, 3.8) is 0 Å². The number of hydrogen-bond acceptors (Lipinski definition) is 5. The van der Waals surface area contributed by atoms with E-state index in [1.807, 2.05) is 13.8 Å². The highest BCUT2D eigenvalue weighted by Gasteiger charge is 2.41. The summed E-state index contributed by atoms with van der Waals surface area (Å²) in [6.45, 7) is 3.93. The zero-order valence-electron chi connectivity index (χ0n) is 16.6. The lowest BCUT2D eigenvalue weighted by atomic mass is 10.0. The van der Waals surface area contributed by atoms with Gasteiger partial charge in [-0.15, -0.1) is 0 Å². The lowest BCUT2D eigenvalue weighted by molar-refractivity contribution is -0.120. The predicted octanol–water partition coefficient (Wildman–Crippen LogP) is 3.34. The summed E-state index contributed by atoms with van der Waals surface area (Å²) >= 11 is 6.06. The van der Waals surface area contributed by atoms with Gasteiger partial charge in [-0.05, 0) is 49.7 Å². The quantitative estimate of drug-likeness (QED) is 0.704. The molecule has 1 aliphatic heterocycles. The van der Waals surface area contributed by atoms with Crippen molar-refractivity contribution in [2.75, 3.05) is 25.1 Å². The topological polar surface area (TPSA) is 70.1 Å². The van der Waals surface area contributed by atoms with Gasteiger partial charge < -0.3 is 14.7 Å². The van der Waals surface area contributed by atoms with Crippen LogP contribution in [0.15, 0.2) is 54.2 Å². The number of amides is 2. The molecule has 1 N–H and O–H groups in total. The number of benzene rings is 2. The zero-order chi connectivity index (χ0) is 21.1. The number of rotatable bonds is 7. The minimum Gasteiger partial charge on any atom is -0.491 e. The lowest BCUT2D eigenvalue weighted by Gasteiger charge is -2.20. The van der Waals surface area contributed by atoms with Crippen LogP contribution >= 0.6 is 11.6 Å². The second kappa shape index (κ2) is 8.68. The van der Waals surface area contributed by atoms with Gasteiger partial charge in [0.1, 0.15) is 11.4 Å². The smallest absolute Gasteiger partial charge is 0.282 e. The molecule has 6 nitrogen and oxygen atoms in total. The predicted molar refractivity (Wildman–Crippen MR) is 113 cm³/mol. The van der Waals surface area contributed by atoms with E-state index in [0.717, 1.165) is 4.90 Å². The lowest BCUT2D eigenvalue weighted by Crippen LogP contribution is -2.34. The third kappa shape index (κ3) is 4.28. The summed E-state index contributed by atoms with van der Waals surface area (Å²) in [4.78, 5) is 29.2. The molecular weight excluding hydrogens is 392 g/mol. The maximum Gasteiger partial charge on any atom is 0.282 e. The maximum atomic E-state index is 13.3. The number of carbonyl (C=O) groups is 2. The van der Waals surface area contributed by atoms with Gasteiger partial charge in [-0.25, -0.2) is 4.90 Å². The van der Waals surface area contributed by atoms with Crippen molar-refractivity contribution in [3.8, 4) is 5.75 Å². The number of imide groups is 1. The van der Waals surface area contributed by atoms with Crippen LogP contribution < -0.4 is 9.64 Å². The largest absolute Gasteiger partial charge is 0.491 e. The number of carbonyl (C=O) groups excluding carboxylic acids is 2. The Balaban J connectivity index is 2.06. The van der Waals surface area contributed by atoms with Crippen LogP contribution in [0.5, 0.6) is 5.75 Å². The molecule has 0 bridgehead atoms. The van der Waals surface area contributed by atoms with Gasteiger partial charge in [0, 0.05) is 18.6 Å². The molecule has 0 fully saturated rings. The molecule has 2 amide bonds. The number of nitrogens with zero attached hydrogens (tertiary/aromatic N) is 2. The SMILES string of the molecule is CC(C)Oc1ccc(C2=C(N(C)CCO)C(=O)N(c3cccc(Cl)c3)C2=O)cc1. The number of likely N-dealkylation sites (N-methyl/N-ethyl adjacent to an activating group) is 1. The van der Waals surface area contributed by atoms with E-state index < -0.39 is 11.8 Å². The highest BCUT2D eigenvalue weighted by Crippen LogP contribution is 2.35. The van der Waals surface area contributed by atoms with E-state index in [2.05, 4.69) is 0 Å². The third-order valence-corrected chi connectivity index (χ3v) is 4.69. The van der Waals surface area contributed by atoms with Crippen LogP contribution in [0.2, 0.25) is 5.02 Å². The summed E-state index contributed by atoms with van der Waals surface area (Å²) in [6, 6.07) is 13.6. The van der Waals surface area contributed by atoms with Crippen molar-refractivity contribution < 1.29 is 19.4 Å². The standard InChI is InChI=1S/C22H23ClN2O4/c1-14(2)29-18-9-7-15(8-10-18)19-20(24(3)11-12-26)22(28)25(21(19)27)17-6-4-5-16(23)13-17/h4-10,13-14,26H,11-12H2,1-3H3. The molecule has 0 radical (unpaired) electrons. The van der Waals surface area contributed by atoms with Gasteiger partial charge in [0.05, 0.1) is 24.0 Å². The first kappa shape index (κ1) is 20.9. The Morgan fingerprint density at radius 3 is 2.38 bits per heavy atom. The van der Waals surface area contributed by atoms with E-state index in [1.54, 1.807) is 60.5 Å². The second-order valence-corrected chi connectivity index (χ2v) is 7.42. The number of halogens is 1. The molecule has 2 aromatic rings. The second-order valence-electron chi connectivity index (χ2n) is 6.99. The minimum absolute atomic E-state index is 0.0272. The molecule has 0 unspecified atom stereocenters. The number of anilines is 1. The third-order valence-electron chi connectivity index (χ3n) is 4.46. The number of hydrogen-bond donors (Lipinski definition) is 1. The highest BCUT2D eigenvalue weighted by molar-refractivity contribution is 6.45. The average Bonchev–Trinajstić information content (AvgIpc) is 2.92. The van der Waals surface area contributed by atoms with Crippen molar-refractivity contribution in [1.29, 1.82) is 0 Å². The van der Waals surface area contributed by atoms with E-state index in [1.165, 1.54) is 0 Å². The van der Waals surface area contributed by atoms with E-state index in [4.69, 9.17) is 16.3 Å². The number of aliphatic hydroxyl groups is 1. The van der Waals surface area contributed by atoms with Gasteiger partial charge in [0.2, 0.25) is 0 Å². The van der Waals surface area contributed by atoms with Gasteiger partial charge in [-0.3, -0.25) is 9.59 Å². The average molecular weight is 415 g/mol. The fourth-order valence-electron chi connectivity index (χ4n) is 3.22. The Morgan fingerprint density at radius 1 is 1.10 bits per heavy atom. The first-order valence-electron chi connectivity index (χ1n) is 9.31. The highest BCUT2D eigenvalue weighted by atomic mass is 35.5. The van der Waals surface area contributed by atoms with Gasteiger partial charge in [0.15, 0.2) is 0 Å². The first-order chi connectivity index (χ1) is 13.8. The minimum atomic E-state index is -0.453. The monoisotopic (exact) mass is 414 g/mol. The van der Waals surface area contributed by atoms with Crippen molar-refractivity contribution in [3.05, 3.63) is 64.8 Å². The van der Waals surface area contributed by atoms with Crippen LogP contribution in [0.25, 0.3) is 5.57 Å². The number of ether oxygens (including phenoxy) is 1. The summed E-state index contributed by atoms with van der Waals surface area (Å²) in [7, 11) is 1.68. The Labute approximate surface area is 174 Å². The molecule has 2 aromatic carbocycles. The molecule has 3 rings (SSSR count). The molecule has 152 valence electrons. The Kier molecular flexibility index (Phi) is 6.25. The molecule has 7 heteroatoms. The Bertz CT molecular complexity index is 954. The molecule has 1 heterocycles. The summed E-state index contributed by atoms with van der Waals surface area (Å²) in [5.74, 6) is -0.210. The molecule has 0 spiro atoms. The first-order valence-corrected chi connectivity index (χ1v) is 9.69. The van der Waals surface area contributed by atoms with Crippen LogP contribution in [-0.2, 0) is 9.59 Å². The summed E-state index contributed by atoms with van der Waals surface area (Å²) in [5.41, 5.74) is 1.52. The summed E-state index contributed by atoms with van der Waals surface area (Å²) in [6.07, 6.45) is 0.0272. The van der Waals surface area contributed by atoms with Crippen molar-refractivity contribution in [2.45, 2.75) is 20.0 Å². The van der Waals surface area contributed by atoms with E-state index in [-0.39, 0.29) is 30.5 Å².